The molecule has 0 aromatic heterocycles. The molecule has 5 rings (SSSR count). The number of likely N-dealkylation sites (N-methyl/N-ethyl adjacent to an activating group) is 1. The number of urea groups is 1. The smallest absolute Gasteiger partial charge is 0.318 e. The van der Waals surface area contributed by atoms with Gasteiger partial charge in [-0.05, 0) is 62.2 Å². The molecule has 2 atom stereocenters. The molecule has 3 N–H and O–H groups in total. The lowest BCUT2D eigenvalue weighted by Crippen LogP contribution is -2.56. The van der Waals surface area contributed by atoms with Crippen LogP contribution in [-0.4, -0.2) is 88.4 Å². The lowest BCUT2D eigenvalue weighted by Gasteiger charge is -2.33. The van der Waals surface area contributed by atoms with Gasteiger partial charge in [0.15, 0.2) is 9.84 Å². The van der Waals surface area contributed by atoms with Gasteiger partial charge in [0, 0.05) is 44.0 Å². The van der Waals surface area contributed by atoms with E-state index in [4.69, 9.17) is 4.55 Å². The molecule has 0 spiro atoms. The molecule has 1 aliphatic rings. The predicted octanol–water partition coefficient (Wildman–Crippen LogP) is 4.90. The largest absolute Gasteiger partial charge is 0.348 e. The van der Waals surface area contributed by atoms with Crippen LogP contribution in [0.5, 0.6) is 0 Å². The molecular weight excluding hydrogens is 719 g/mol. The number of piperazine rings is 1. The van der Waals surface area contributed by atoms with E-state index in [1.165, 1.54) is 18.2 Å². The first-order chi connectivity index (χ1) is 24.8. The van der Waals surface area contributed by atoms with Gasteiger partial charge in [-0.3, -0.25) is 9.35 Å². The minimum atomic E-state index is -4.02. The van der Waals surface area contributed by atoms with Crippen molar-refractivity contribution in [2.24, 2.45) is 0 Å². The Labute approximate surface area is 307 Å². The van der Waals surface area contributed by atoms with Crippen LogP contribution in [0.15, 0.2) is 137 Å². The van der Waals surface area contributed by atoms with Crippen LogP contribution in [-0.2, 0) is 37.6 Å². The van der Waals surface area contributed by atoms with Crippen molar-refractivity contribution in [1.29, 1.82) is 0 Å². The third kappa shape index (κ3) is 13.1. The van der Waals surface area contributed by atoms with Gasteiger partial charge >= 0.3 is 6.03 Å². The van der Waals surface area contributed by atoms with E-state index >= 15 is 0 Å². The number of carbonyl (C=O) groups excluding carboxylic acids is 2. The zero-order valence-electron chi connectivity index (χ0n) is 29.3. The standard InChI is InChI=1S/C32H38N4O4S.C7H8O3S/c1-35-20-22-36(23-21-35)32(38)34-30(25-27-13-7-3-8-14-27)31(37)33-28(18-17-26-11-5-2-6-12-26)19-24-41(39,40)29-15-9-4-10-16-29;1-6-2-4-7(5-3-6)11(8,9)10/h2-16,19,24,28,30H,17-18,20-23,25H2,1H3,(H,33,37)(H,34,38);2-5H,1H3,(H,8,9,10)/b24-19+;/t28-,30-;/m0./s1/i3+2,7+2,8+2,13+2,14+2,25+2,27+2,30+2,31+2;. The Bertz CT molecular complexity index is 1970. The van der Waals surface area contributed by atoms with Gasteiger partial charge in [0.1, 0.15) is 6.04 Å². The zero-order valence-corrected chi connectivity index (χ0v) is 31.0. The SMILES string of the molecule is CN1CCN(C(=O)N[14C@@H]([14CH2][14c]2[14cH][14cH][14cH][14cH][14cH]2)[14C](=O)N[C@H](/C=C/S(=O)(=O)c2ccccc2)CCc2ccccc2)CC1.Cc1ccc(S(=O)(=O)O)cc1. The molecule has 52 heavy (non-hydrogen) atoms. The van der Waals surface area contributed by atoms with Gasteiger partial charge < -0.3 is 20.4 Å². The molecule has 11 nitrogen and oxygen atoms in total. The van der Waals surface area contributed by atoms with Crippen LogP contribution >= 0.6 is 0 Å². The predicted molar refractivity (Wildman–Crippen MR) is 202 cm³/mol. The molecule has 13 heteroatoms. The summed E-state index contributed by atoms with van der Waals surface area (Å²) >= 11 is 0. The summed E-state index contributed by atoms with van der Waals surface area (Å²) in [5.41, 5.74) is 2.95. The first-order valence-electron chi connectivity index (χ1n) is 16.9. The number of nitrogens with one attached hydrogen (secondary N) is 2. The summed E-state index contributed by atoms with van der Waals surface area (Å²) in [5.74, 6) is -0.365. The number of aryl methyl sites for hydroxylation is 2. The summed E-state index contributed by atoms with van der Waals surface area (Å²) in [4.78, 5) is 30.8. The first kappa shape index (κ1) is 40.0. The highest BCUT2D eigenvalue weighted by atomic mass is 32.2. The summed E-state index contributed by atoms with van der Waals surface area (Å²) in [7, 11) is -5.70. The Morgan fingerprint density at radius 3 is 2.12 bits per heavy atom. The van der Waals surface area contributed by atoms with E-state index in [2.05, 4.69) is 15.5 Å². The molecule has 3 amide bonds. The topological polar surface area (TPSA) is 153 Å². The Balaban J connectivity index is 0.000000470. The molecule has 0 saturated carbocycles. The molecule has 1 fully saturated rings. The molecule has 0 bridgehead atoms. The minimum Gasteiger partial charge on any atom is -0.348 e. The number of sulfone groups is 1. The number of nitrogens with zero attached hydrogens (tertiary/aromatic N) is 2. The van der Waals surface area contributed by atoms with Gasteiger partial charge in [-0.25, -0.2) is 13.2 Å². The summed E-state index contributed by atoms with van der Waals surface area (Å²) in [6.07, 6.45) is 2.97. The fourth-order valence-electron chi connectivity index (χ4n) is 5.37. The van der Waals surface area contributed by atoms with Crippen molar-refractivity contribution < 1.29 is 31.0 Å². The van der Waals surface area contributed by atoms with Gasteiger partial charge in [-0.15, -0.1) is 0 Å². The number of hydrogen-bond donors (Lipinski definition) is 3. The van der Waals surface area contributed by atoms with Gasteiger partial charge in [-0.1, -0.05) is 103 Å². The zero-order chi connectivity index (χ0) is 37.6. The van der Waals surface area contributed by atoms with Crippen molar-refractivity contribution in [3.8, 4) is 0 Å². The van der Waals surface area contributed by atoms with Gasteiger partial charge in [0.05, 0.1) is 9.79 Å². The van der Waals surface area contributed by atoms with Crippen molar-refractivity contribution in [2.45, 2.75) is 48.1 Å². The van der Waals surface area contributed by atoms with Crippen LogP contribution in [0.3, 0.4) is 0 Å². The van der Waals surface area contributed by atoms with Crippen molar-refractivity contribution in [2.75, 3.05) is 33.2 Å². The van der Waals surface area contributed by atoms with Crippen LogP contribution in [0.25, 0.3) is 0 Å². The number of carbonyl (C=O) groups is 2. The molecule has 1 heterocycles. The van der Waals surface area contributed by atoms with Crippen LogP contribution in [0.1, 0.15) is 23.1 Å². The minimum absolute atomic E-state index is 0.0666. The van der Waals surface area contributed by atoms with Gasteiger partial charge in [0.25, 0.3) is 10.1 Å². The highest BCUT2D eigenvalue weighted by Gasteiger charge is 2.27. The fourth-order valence-corrected chi connectivity index (χ4v) is 6.94. The maximum atomic E-state index is 13.7. The second-order valence-electron chi connectivity index (χ2n) is 12.6. The Kier molecular flexibility index (Phi) is 14.7. The first-order valence-corrected chi connectivity index (χ1v) is 19.9. The van der Waals surface area contributed by atoms with E-state index in [1.807, 2.05) is 74.6 Å². The van der Waals surface area contributed by atoms with Crippen LogP contribution in [0, 0.1) is 6.92 Å². The second kappa shape index (κ2) is 19.1. The van der Waals surface area contributed by atoms with Gasteiger partial charge in [-0.2, -0.15) is 8.42 Å². The summed E-state index contributed by atoms with van der Waals surface area (Å²) in [5, 5.41) is 7.12. The molecule has 1 saturated heterocycles. The van der Waals surface area contributed by atoms with E-state index in [0.717, 1.165) is 35.2 Å². The van der Waals surface area contributed by atoms with Crippen molar-refractivity contribution in [1.82, 2.24) is 20.4 Å². The summed E-state index contributed by atoms with van der Waals surface area (Å²) in [6.45, 7) is 4.55. The normalized spacial score (nSPS) is 14.9. The molecule has 4 aromatic carbocycles. The lowest BCUT2D eigenvalue weighted by molar-refractivity contribution is -0.123. The fraction of sp³-hybridized carbons (Fsp3) is 0.282. The number of rotatable bonds is 12. The van der Waals surface area contributed by atoms with E-state index in [0.29, 0.717) is 32.4 Å². The molecule has 0 unspecified atom stereocenters. The summed E-state index contributed by atoms with van der Waals surface area (Å²) < 4.78 is 55.5. The Hall–Kier alpha value is -4.82. The monoisotopic (exact) mass is 764 g/mol. The van der Waals surface area contributed by atoms with E-state index in [9.17, 15) is 26.4 Å². The average Bonchev–Trinajstić information content (AvgIpc) is 3.14. The second-order valence-corrected chi connectivity index (χ2v) is 15.9. The number of benzene rings is 4. The molecule has 276 valence electrons. The Morgan fingerprint density at radius 1 is 0.923 bits per heavy atom. The third-order valence-electron chi connectivity index (χ3n) is 8.48. The molecule has 4 aromatic rings. The molecule has 1 aliphatic heterocycles. The van der Waals surface area contributed by atoms with Crippen LogP contribution in [0.4, 0.5) is 4.79 Å². The van der Waals surface area contributed by atoms with E-state index in [-0.39, 0.29) is 21.7 Å². The highest BCUT2D eigenvalue weighted by Crippen LogP contribution is 2.14. The maximum Gasteiger partial charge on any atom is 0.318 e. The lowest BCUT2D eigenvalue weighted by atomic mass is 10.1. The van der Waals surface area contributed by atoms with Gasteiger partial charge in [0.2, 0.25) is 5.91 Å². The number of amides is 3. The summed E-state index contributed by atoms with van der Waals surface area (Å²) in [6, 6.07) is 31.9. The third-order valence-corrected chi connectivity index (χ3v) is 10.8. The quantitative estimate of drug-likeness (QED) is 0.172. The average molecular weight is 765 g/mol. The maximum absolute atomic E-state index is 13.7. The molecule has 0 radical (unpaired) electrons. The highest BCUT2D eigenvalue weighted by molar-refractivity contribution is 7.94. The van der Waals surface area contributed by atoms with Crippen molar-refractivity contribution in [3.63, 3.8) is 0 Å². The van der Waals surface area contributed by atoms with Crippen LogP contribution in [0.2, 0.25) is 0 Å². The van der Waals surface area contributed by atoms with Crippen LogP contribution < -0.4 is 10.6 Å². The van der Waals surface area contributed by atoms with E-state index in [1.54, 1.807) is 47.4 Å². The molecular formula is C39H46N4O7S2. The molecule has 0 aliphatic carbocycles. The van der Waals surface area contributed by atoms with E-state index < -0.39 is 32.0 Å². The number of hydrogen-bond acceptors (Lipinski definition) is 7. The Morgan fingerprint density at radius 2 is 1.52 bits per heavy atom. The van der Waals surface area contributed by atoms with Crippen molar-refractivity contribution in [3.05, 3.63) is 143 Å². The van der Waals surface area contributed by atoms with Crippen molar-refractivity contribution >= 4 is 31.9 Å².